The van der Waals surface area contributed by atoms with Crippen molar-refractivity contribution in [1.29, 1.82) is 10.5 Å². The third kappa shape index (κ3) is 5.35. The number of hydrogen-bond donors (Lipinski definition) is 0. The lowest BCUT2D eigenvalue weighted by molar-refractivity contribution is 0.667. The van der Waals surface area contributed by atoms with Gasteiger partial charge >= 0.3 is 0 Å². The summed E-state index contributed by atoms with van der Waals surface area (Å²) in [6, 6.07) is 68.0. The van der Waals surface area contributed by atoms with Crippen LogP contribution in [0.15, 0.2) is 182 Å². The first-order valence-electron chi connectivity index (χ1n) is 19.2. The first-order valence-corrected chi connectivity index (χ1v) is 19.2. The SMILES string of the molecule is CC1(C)c2cc3cc(N(c4ccccc4)c4ccccc4C#N)ccc3cc2-c2c1c1ccc(N(c3ccccc3)c3ccccc3C#N)cc1c1ccccc21. The number of nitrogens with zero attached hydrogens (tertiary/aromatic N) is 4. The summed E-state index contributed by atoms with van der Waals surface area (Å²) in [6.07, 6.45) is 0. The van der Waals surface area contributed by atoms with Crippen LogP contribution >= 0.6 is 0 Å². The van der Waals surface area contributed by atoms with E-state index in [9.17, 15) is 10.5 Å². The molecule has 0 unspecified atom stereocenters. The fraction of sp³-hybridized carbons (Fsp3) is 0.0566. The highest BCUT2D eigenvalue weighted by molar-refractivity contribution is 6.19. The van der Waals surface area contributed by atoms with Gasteiger partial charge in [0.25, 0.3) is 0 Å². The van der Waals surface area contributed by atoms with E-state index in [4.69, 9.17) is 0 Å². The summed E-state index contributed by atoms with van der Waals surface area (Å²) in [6.45, 7) is 4.71. The molecule has 9 aromatic carbocycles. The van der Waals surface area contributed by atoms with Gasteiger partial charge < -0.3 is 9.80 Å². The molecule has 268 valence electrons. The number of benzene rings is 9. The molecule has 9 aromatic rings. The van der Waals surface area contributed by atoms with Gasteiger partial charge in [-0.15, -0.1) is 0 Å². The molecule has 0 N–H and O–H groups in total. The van der Waals surface area contributed by atoms with E-state index in [0.717, 1.165) is 44.9 Å². The summed E-state index contributed by atoms with van der Waals surface area (Å²) < 4.78 is 0. The molecule has 0 aliphatic heterocycles. The van der Waals surface area contributed by atoms with E-state index in [-0.39, 0.29) is 5.41 Å². The first-order chi connectivity index (χ1) is 28.0. The van der Waals surface area contributed by atoms with Crippen LogP contribution in [0.2, 0.25) is 0 Å². The summed E-state index contributed by atoms with van der Waals surface area (Å²) >= 11 is 0. The van der Waals surface area contributed by atoms with E-state index in [0.29, 0.717) is 11.1 Å². The van der Waals surface area contributed by atoms with Crippen LogP contribution in [0.4, 0.5) is 34.1 Å². The van der Waals surface area contributed by atoms with Crippen molar-refractivity contribution in [3.8, 4) is 23.3 Å². The molecule has 0 radical (unpaired) electrons. The van der Waals surface area contributed by atoms with Crippen LogP contribution in [0.25, 0.3) is 43.4 Å². The fourth-order valence-electron chi connectivity index (χ4n) is 9.06. The van der Waals surface area contributed by atoms with Crippen molar-refractivity contribution in [3.63, 3.8) is 0 Å². The summed E-state index contributed by atoms with van der Waals surface area (Å²) in [7, 11) is 0. The van der Waals surface area contributed by atoms with Crippen molar-refractivity contribution in [2.75, 3.05) is 9.80 Å². The molecule has 0 aromatic heterocycles. The predicted molar refractivity (Wildman–Crippen MR) is 235 cm³/mol. The molecule has 0 spiro atoms. The van der Waals surface area contributed by atoms with Crippen molar-refractivity contribution in [2.24, 2.45) is 0 Å². The molecule has 4 heteroatoms. The third-order valence-electron chi connectivity index (χ3n) is 11.6. The van der Waals surface area contributed by atoms with Crippen molar-refractivity contribution in [2.45, 2.75) is 19.3 Å². The molecule has 4 nitrogen and oxygen atoms in total. The van der Waals surface area contributed by atoms with Gasteiger partial charge in [-0.25, -0.2) is 0 Å². The maximum atomic E-state index is 10.2. The highest BCUT2D eigenvalue weighted by atomic mass is 15.1. The van der Waals surface area contributed by atoms with E-state index < -0.39 is 0 Å². The topological polar surface area (TPSA) is 54.1 Å². The average molecular weight is 729 g/mol. The van der Waals surface area contributed by atoms with Gasteiger partial charge in [-0.2, -0.15) is 10.5 Å². The van der Waals surface area contributed by atoms with Gasteiger partial charge in [0.15, 0.2) is 0 Å². The minimum absolute atomic E-state index is 0.308. The second-order valence-electron chi connectivity index (χ2n) is 15.2. The normalized spacial score (nSPS) is 12.5. The molecular weight excluding hydrogens is 693 g/mol. The quantitative estimate of drug-likeness (QED) is 0.160. The molecule has 0 amide bonds. The van der Waals surface area contributed by atoms with Gasteiger partial charge in [0.1, 0.15) is 12.1 Å². The molecule has 10 rings (SSSR count). The number of fused-ring (bicyclic) bond motifs is 9. The van der Waals surface area contributed by atoms with Gasteiger partial charge in [-0.05, 0) is 140 Å². The number of nitriles is 2. The average Bonchev–Trinajstić information content (AvgIpc) is 3.49. The highest BCUT2D eigenvalue weighted by Gasteiger charge is 2.39. The summed E-state index contributed by atoms with van der Waals surface area (Å²) in [5.74, 6) is 0. The van der Waals surface area contributed by atoms with Crippen LogP contribution in [0, 0.1) is 22.7 Å². The van der Waals surface area contributed by atoms with Gasteiger partial charge in [-0.1, -0.05) is 111 Å². The zero-order valence-corrected chi connectivity index (χ0v) is 31.6. The Morgan fingerprint density at radius 3 is 1.56 bits per heavy atom. The van der Waals surface area contributed by atoms with Gasteiger partial charge in [0, 0.05) is 28.2 Å². The molecule has 1 aliphatic rings. The van der Waals surface area contributed by atoms with Crippen LogP contribution in [0.3, 0.4) is 0 Å². The molecule has 0 bridgehead atoms. The van der Waals surface area contributed by atoms with E-state index in [2.05, 4.69) is 133 Å². The van der Waals surface area contributed by atoms with E-state index in [1.165, 1.54) is 43.8 Å². The Labute approximate surface area is 332 Å². The highest BCUT2D eigenvalue weighted by Crippen LogP contribution is 2.56. The lowest BCUT2D eigenvalue weighted by atomic mass is 9.79. The number of rotatable bonds is 6. The molecule has 0 atom stereocenters. The Hall–Kier alpha value is -7.66. The molecule has 0 heterocycles. The van der Waals surface area contributed by atoms with Gasteiger partial charge in [0.2, 0.25) is 0 Å². The van der Waals surface area contributed by atoms with E-state index in [1.807, 2.05) is 84.9 Å². The smallest absolute Gasteiger partial charge is 0.101 e. The number of anilines is 6. The predicted octanol–water partition coefficient (Wildman–Crippen LogP) is 14.1. The van der Waals surface area contributed by atoms with E-state index in [1.54, 1.807) is 0 Å². The van der Waals surface area contributed by atoms with Gasteiger partial charge in [0.05, 0.1) is 22.5 Å². The molecular formula is C53H36N4. The van der Waals surface area contributed by atoms with Crippen LogP contribution < -0.4 is 9.80 Å². The Morgan fingerprint density at radius 2 is 0.947 bits per heavy atom. The molecule has 0 fully saturated rings. The fourth-order valence-corrected chi connectivity index (χ4v) is 9.06. The zero-order valence-electron chi connectivity index (χ0n) is 31.6. The monoisotopic (exact) mass is 728 g/mol. The van der Waals surface area contributed by atoms with Crippen molar-refractivity contribution >= 4 is 66.4 Å². The lowest BCUT2D eigenvalue weighted by Gasteiger charge is -2.28. The number of para-hydroxylation sites is 4. The minimum Gasteiger partial charge on any atom is -0.309 e. The summed E-state index contributed by atoms with van der Waals surface area (Å²) in [4.78, 5) is 4.37. The maximum absolute atomic E-state index is 10.2. The van der Waals surface area contributed by atoms with Crippen molar-refractivity contribution in [1.82, 2.24) is 0 Å². The maximum Gasteiger partial charge on any atom is 0.101 e. The largest absolute Gasteiger partial charge is 0.309 e. The second kappa shape index (κ2) is 13.3. The first kappa shape index (κ1) is 33.9. The Bertz CT molecular complexity index is 3130. The molecule has 57 heavy (non-hydrogen) atoms. The van der Waals surface area contributed by atoms with Crippen LogP contribution in [-0.2, 0) is 5.41 Å². The van der Waals surface area contributed by atoms with Gasteiger partial charge in [-0.3, -0.25) is 0 Å². The summed E-state index contributed by atoms with van der Waals surface area (Å²) in [5, 5.41) is 27.4. The molecule has 1 aliphatic carbocycles. The standard InChI is InChI=1S/C53H36N4/c1-53(2)48-31-38-29-41(56(39-17-5-3-6-18-39)49-23-13-9-15-36(49)33-54)26-25-35(38)30-47(48)51-44-22-12-11-21-43(44)46-32-42(27-28-45(46)52(51)53)57(40-19-7-4-8-20-40)50-24-14-10-16-37(50)34-55/h3-32H,1-2H3. The van der Waals surface area contributed by atoms with Crippen molar-refractivity contribution < 1.29 is 0 Å². The van der Waals surface area contributed by atoms with Crippen LogP contribution in [0.1, 0.15) is 36.1 Å². The van der Waals surface area contributed by atoms with Crippen molar-refractivity contribution in [3.05, 3.63) is 204 Å². The minimum atomic E-state index is -0.308. The van der Waals surface area contributed by atoms with Crippen LogP contribution in [-0.4, -0.2) is 0 Å². The third-order valence-corrected chi connectivity index (χ3v) is 11.6. The van der Waals surface area contributed by atoms with E-state index >= 15 is 0 Å². The zero-order chi connectivity index (χ0) is 38.7. The van der Waals surface area contributed by atoms with Crippen LogP contribution in [0.5, 0.6) is 0 Å². The number of hydrogen-bond acceptors (Lipinski definition) is 4. The summed E-state index contributed by atoms with van der Waals surface area (Å²) in [5.41, 5.74) is 11.8. The Morgan fingerprint density at radius 1 is 0.421 bits per heavy atom. The lowest BCUT2D eigenvalue weighted by Crippen LogP contribution is -2.16. The molecule has 0 saturated carbocycles. The second-order valence-corrected chi connectivity index (χ2v) is 15.2. The Kier molecular flexibility index (Phi) is 7.89. The molecule has 0 saturated heterocycles. The Balaban J connectivity index is 1.17.